The summed E-state index contributed by atoms with van der Waals surface area (Å²) in [5, 5.41) is 2.97. The molecule has 4 heteroatoms. The van der Waals surface area contributed by atoms with Gasteiger partial charge >= 0.3 is 6.03 Å². The van der Waals surface area contributed by atoms with Gasteiger partial charge in [-0.25, -0.2) is 4.79 Å². The SMILES string of the molecule is CN(CCOc1ccccc1)C(=O)NCCC1=CCCCC1. The van der Waals surface area contributed by atoms with Crippen LogP contribution in [0.5, 0.6) is 5.75 Å². The second kappa shape index (κ2) is 9.13. The van der Waals surface area contributed by atoms with E-state index in [0.717, 1.165) is 12.2 Å². The van der Waals surface area contributed by atoms with Crippen LogP contribution < -0.4 is 10.1 Å². The van der Waals surface area contributed by atoms with Crippen molar-refractivity contribution in [2.24, 2.45) is 0 Å². The molecule has 0 radical (unpaired) electrons. The van der Waals surface area contributed by atoms with E-state index in [1.165, 1.54) is 31.3 Å². The van der Waals surface area contributed by atoms with Crippen molar-refractivity contribution in [1.29, 1.82) is 0 Å². The van der Waals surface area contributed by atoms with Crippen LogP contribution >= 0.6 is 0 Å². The lowest BCUT2D eigenvalue weighted by Crippen LogP contribution is -2.39. The Morgan fingerprint density at radius 3 is 2.82 bits per heavy atom. The fourth-order valence-corrected chi connectivity index (χ4v) is 2.52. The molecule has 0 aromatic heterocycles. The van der Waals surface area contributed by atoms with Crippen LogP contribution in [0.1, 0.15) is 32.1 Å². The van der Waals surface area contributed by atoms with Crippen LogP contribution in [0.25, 0.3) is 0 Å². The molecule has 1 aromatic rings. The number of ether oxygens (including phenoxy) is 1. The number of amides is 2. The number of nitrogens with one attached hydrogen (secondary N) is 1. The summed E-state index contributed by atoms with van der Waals surface area (Å²) in [5.41, 5.74) is 1.49. The summed E-state index contributed by atoms with van der Waals surface area (Å²) in [4.78, 5) is 13.6. The van der Waals surface area contributed by atoms with Gasteiger partial charge in [0.05, 0.1) is 6.54 Å². The van der Waals surface area contributed by atoms with E-state index >= 15 is 0 Å². The minimum atomic E-state index is -0.0342. The van der Waals surface area contributed by atoms with Gasteiger partial charge in [0.2, 0.25) is 0 Å². The second-order valence-corrected chi connectivity index (χ2v) is 5.67. The average molecular weight is 302 g/mol. The van der Waals surface area contributed by atoms with Gasteiger partial charge in [-0.1, -0.05) is 29.8 Å². The third-order valence-electron chi connectivity index (χ3n) is 3.89. The van der Waals surface area contributed by atoms with E-state index in [9.17, 15) is 4.79 Å². The molecule has 120 valence electrons. The number of nitrogens with zero attached hydrogens (tertiary/aromatic N) is 1. The highest BCUT2D eigenvalue weighted by molar-refractivity contribution is 5.73. The highest BCUT2D eigenvalue weighted by Gasteiger charge is 2.09. The van der Waals surface area contributed by atoms with Crippen molar-refractivity contribution in [3.63, 3.8) is 0 Å². The topological polar surface area (TPSA) is 41.6 Å². The van der Waals surface area contributed by atoms with Gasteiger partial charge in [0, 0.05) is 13.6 Å². The van der Waals surface area contributed by atoms with Gasteiger partial charge in [0.1, 0.15) is 12.4 Å². The number of urea groups is 1. The first-order valence-corrected chi connectivity index (χ1v) is 8.10. The van der Waals surface area contributed by atoms with Crippen LogP contribution in [0.4, 0.5) is 4.79 Å². The van der Waals surface area contributed by atoms with Crippen LogP contribution in [0.3, 0.4) is 0 Å². The molecule has 0 atom stereocenters. The molecule has 1 aromatic carbocycles. The van der Waals surface area contributed by atoms with E-state index in [4.69, 9.17) is 4.74 Å². The van der Waals surface area contributed by atoms with Crippen LogP contribution in [-0.2, 0) is 0 Å². The maximum Gasteiger partial charge on any atom is 0.317 e. The number of allylic oxidation sites excluding steroid dienone is 1. The Bertz CT molecular complexity index is 485. The number of rotatable bonds is 7. The zero-order valence-electron chi connectivity index (χ0n) is 13.4. The Kier molecular flexibility index (Phi) is 6.81. The van der Waals surface area contributed by atoms with Crippen molar-refractivity contribution in [2.75, 3.05) is 26.7 Å². The minimum absolute atomic E-state index is 0.0342. The fraction of sp³-hybridized carbons (Fsp3) is 0.500. The normalized spacial score (nSPS) is 14.1. The van der Waals surface area contributed by atoms with Crippen LogP contribution in [0, 0.1) is 0 Å². The maximum absolute atomic E-state index is 12.0. The molecular weight excluding hydrogens is 276 g/mol. The number of carbonyl (C=O) groups excluding carboxylic acids is 1. The molecule has 0 aliphatic heterocycles. The molecule has 1 N–H and O–H groups in total. The van der Waals surface area contributed by atoms with E-state index in [0.29, 0.717) is 19.7 Å². The molecule has 22 heavy (non-hydrogen) atoms. The summed E-state index contributed by atoms with van der Waals surface area (Å²) in [6.45, 7) is 1.79. The fourth-order valence-electron chi connectivity index (χ4n) is 2.52. The lowest BCUT2D eigenvalue weighted by atomic mass is 9.97. The first-order valence-electron chi connectivity index (χ1n) is 8.10. The van der Waals surface area contributed by atoms with E-state index in [1.807, 2.05) is 30.3 Å². The van der Waals surface area contributed by atoms with Gasteiger partial charge < -0.3 is 15.0 Å². The smallest absolute Gasteiger partial charge is 0.317 e. The maximum atomic E-state index is 12.0. The average Bonchev–Trinajstić information content (AvgIpc) is 2.56. The Hall–Kier alpha value is -1.97. The summed E-state index contributed by atoms with van der Waals surface area (Å²) in [5.74, 6) is 0.834. The largest absolute Gasteiger partial charge is 0.492 e. The predicted octanol–water partition coefficient (Wildman–Crippen LogP) is 3.60. The number of para-hydroxylation sites is 1. The molecule has 1 aliphatic rings. The standard InChI is InChI=1S/C18H26N2O2/c1-20(14-15-22-17-10-6-3-7-11-17)18(21)19-13-12-16-8-4-2-5-9-16/h3,6-8,10-11H,2,4-5,9,12-15H2,1H3,(H,19,21). The van der Waals surface area contributed by atoms with Crippen LogP contribution in [0.15, 0.2) is 42.0 Å². The number of benzene rings is 1. The third kappa shape index (κ3) is 5.80. The van der Waals surface area contributed by atoms with Gasteiger partial charge in [-0.2, -0.15) is 0 Å². The molecule has 0 heterocycles. The van der Waals surface area contributed by atoms with Crippen molar-refractivity contribution < 1.29 is 9.53 Å². The molecule has 2 rings (SSSR count). The number of hydrogen-bond donors (Lipinski definition) is 1. The summed E-state index contributed by atoms with van der Waals surface area (Å²) in [6, 6.07) is 9.62. The summed E-state index contributed by atoms with van der Waals surface area (Å²) < 4.78 is 5.60. The molecule has 0 spiro atoms. The quantitative estimate of drug-likeness (QED) is 0.782. The third-order valence-corrected chi connectivity index (χ3v) is 3.89. The van der Waals surface area contributed by atoms with E-state index in [1.54, 1.807) is 11.9 Å². The summed E-state index contributed by atoms with van der Waals surface area (Å²) in [7, 11) is 1.80. The van der Waals surface area contributed by atoms with Crippen molar-refractivity contribution >= 4 is 6.03 Å². The van der Waals surface area contributed by atoms with Crippen molar-refractivity contribution in [3.05, 3.63) is 42.0 Å². The molecule has 0 bridgehead atoms. The molecule has 0 unspecified atom stereocenters. The Balaban J connectivity index is 1.59. The number of likely N-dealkylation sites (N-methyl/N-ethyl adjacent to an activating group) is 1. The number of carbonyl (C=O) groups is 1. The molecule has 1 aliphatic carbocycles. The summed E-state index contributed by atoms with van der Waals surface area (Å²) in [6.07, 6.45) is 8.28. The lowest BCUT2D eigenvalue weighted by molar-refractivity contribution is 0.195. The molecule has 4 nitrogen and oxygen atoms in total. The molecule has 0 saturated carbocycles. The zero-order valence-corrected chi connectivity index (χ0v) is 13.4. The van der Waals surface area contributed by atoms with Gasteiger partial charge in [0.15, 0.2) is 0 Å². The van der Waals surface area contributed by atoms with Gasteiger partial charge in [-0.3, -0.25) is 0 Å². The molecule has 0 fully saturated rings. The second-order valence-electron chi connectivity index (χ2n) is 5.67. The predicted molar refractivity (Wildman–Crippen MR) is 89.1 cm³/mol. The minimum Gasteiger partial charge on any atom is -0.492 e. The molecule has 0 saturated heterocycles. The van der Waals surface area contributed by atoms with Gasteiger partial charge in [-0.15, -0.1) is 0 Å². The first-order chi connectivity index (χ1) is 10.8. The summed E-state index contributed by atoms with van der Waals surface area (Å²) >= 11 is 0. The van der Waals surface area contributed by atoms with Crippen LogP contribution in [-0.4, -0.2) is 37.7 Å². The van der Waals surface area contributed by atoms with Crippen molar-refractivity contribution in [3.8, 4) is 5.75 Å². The first kappa shape index (κ1) is 16.4. The van der Waals surface area contributed by atoms with Gasteiger partial charge in [0.25, 0.3) is 0 Å². The lowest BCUT2D eigenvalue weighted by Gasteiger charge is -2.19. The highest BCUT2D eigenvalue weighted by atomic mass is 16.5. The monoisotopic (exact) mass is 302 g/mol. The Labute approximate surface area is 133 Å². The van der Waals surface area contributed by atoms with E-state index in [-0.39, 0.29) is 6.03 Å². The number of hydrogen-bond acceptors (Lipinski definition) is 2. The highest BCUT2D eigenvalue weighted by Crippen LogP contribution is 2.19. The van der Waals surface area contributed by atoms with Gasteiger partial charge in [-0.05, 0) is 44.2 Å². The molecular formula is C18H26N2O2. The zero-order chi connectivity index (χ0) is 15.6. The Morgan fingerprint density at radius 1 is 1.27 bits per heavy atom. The van der Waals surface area contributed by atoms with E-state index in [2.05, 4.69) is 11.4 Å². The van der Waals surface area contributed by atoms with Crippen molar-refractivity contribution in [1.82, 2.24) is 10.2 Å². The Morgan fingerprint density at radius 2 is 2.09 bits per heavy atom. The van der Waals surface area contributed by atoms with E-state index < -0.39 is 0 Å². The van der Waals surface area contributed by atoms with Crippen molar-refractivity contribution in [2.45, 2.75) is 32.1 Å². The molecule has 2 amide bonds. The van der Waals surface area contributed by atoms with Crippen LogP contribution in [0.2, 0.25) is 0 Å².